The molecule has 0 aromatic rings. The smallest absolute Gasteiger partial charge is 0.00000000000928 e. The van der Waals surface area contributed by atoms with Crippen LogP contribution >= 0.6 is 0 Å². The van der Waals surface area contributed by atoms with Crippen molar-refractivity contribution in [3.8, 4) is 83.4 Å². The maximum absolute atomic E-state index is 4.88. The summed E-state index contributed by atoms with van der Waals surface area (Å²) >= 11 is 0. The SMILES string of the molecule is C#CC#CC#CC#CC#CC#CC#CC=C. The molecule has 0 aliphatic carbocycles. The van der Waals surface area contributed by atoms with E-state index in [2.05, 4.69) is 83.5 Å². The van der Waals surface area contributed by atoms with Crippen LogP contribution in [0.25, 0.3) is 0 Å². The summed E-state index contributed by atoms with van der Waals surface area (Å²) in [6.07, 6.45) is 6.33. The summed E-state index contributed by atoms with van der Waals surface area (Å²) < 4.78 is 0. The van der Waals surface area contributed by atoms with Gasteiger partial charge in [0.1, 0.15) is 0 Å². The fourth-order valence-corrected chi connectivity index (χ4v) is 0.404. The Labute approximate surface area is 96.5 Å². The number of allylic oxidation sites excluding steroid dienone is 1. The molecule has 0 atom stereocenters. The molecule has 0 saturated heterocycles. The molecule has 0 aromatic carbocycles. The minimum Gasteiger partial charge on any atom is -0.106 e. The maximum atomic E-state index is 4.88. The van der Waals surface area contributed by atoms with Crippen LogP contribution in [0.2, 0.25) is 0 Å². The summed E-state index contributed by atoms with van der Waals surface area (Å²) in [4.78, 5) is 0. The Morgan fingerprint density at radius 1 is 0.625 bits per heavy atom. The van der Waals surface area contributed by atoms with Gasteiger partial charge in [0.2, 0.25) is 0 Å². The third-order valence-electron chi connectivity index (χ3n) is 0.871. The van der Waals surface area contributed by atoms with Crippen molar-refractivity contribution in [2.45, 2.75) is 0 Å². The fourth-order valence-electron chi connectivity index (χ4n) is 0.404. The highest BCUT2D eigenvalue weighted by atomic mass is 13.6. The number of hydrogen-bond acceptors (Lipinski definition) is 0. The zero-order valence-corrected chi connectivity index (χ0v) is 8.36. The Hall–Kier alpha value is -3.34. The van der Waals surface area contributed by atoms with Gasteiger partial charge in [0.05, 0.1) is 0 Å². The fraction of sp³-hybridized carbons (Fsp3) is 0. The second-order valence-electron chi connectivity index (χ2n) is 1.87. The molecule has 0 aliphatic heterocycles. The number of rotatable bonds is 0. The van der Waals surface area contributed by atoms with Gasteiger partial charge in [-0.1, -0.05) is 12.5 Å². The molecule has 0 heterocycles. The van der Waals surface area contributed by atoms with Crippen molar-refractivity contribution in [1.29, 1.82) is 0 Å². The Morgan fingerprint density at radius 2 is 1.00 bits per heavy atom. The van der Waals surface area contributed by atoms with Crippen LogP contribution in [0.4, 0.5) is 0 Å². The van der Waals surface area contributed by atoms with Crippen molar-refractivity contribution in [1.82, 2.24) is 0 Å². The average molecular weight is 196 g/mol. The van der Waals surface area contributed by atoms with E-state index in [-0.39, 0.29) is 0 Å². The summed E-state index contributed by atoms with van der Waals surface area (Å²) in [6.45, 7) is 3.41. The van der Waals surface area contributed by atoms with Crippen molar-refractivity contribution in [2.24, 2.45) is 0 Å². The Bertz CT molecular complexity index is 656. The predicted molar refractivity (Wildman–Crippen MR) is 65.7 cm³/mol. The van der Waals surface area contributed by atoms with Crippen molar-refractivity contribution in [3.63, 3.8) is 0 Å². The highest BCUT2D eigenvalue weighted by Crippen LogP contribution is 1.58. The molecule has 68 valence electrons. The molecule has 0 fully saturated rings. The number of terminal acetylenes is 1. The molecule has 0 unspecified atom stereocenters. The molecule has 0 heteroatoms. The molecule has 0 spiro atoms. The van der Waals surface area contributed by atoms with E-state index in [0.29, 0.717) is 0 Å². The second-order valence-corrected chi connectivity index (χ2v) is 1.87. The van der Waals surface area contributed by atoms with E-state index in [0.717, 1.165) is 0 Å². The lowest BCUT2D eigenvalue weighted by molar-refractivity contribution is 2.27. The van der Waals surface area contributed by atoms with Gasteiger partial charge in [-0.2, -0.15) is 0 Å². The zero-order chi connectivity index (χ0) is 11.9. The highest BCUT2D eigenvalue weighted by Gasteiger charge is 1.56. The summed E-state index contributed by atoms with van der Waals surface area (Å²) in [5.41, 5.74) is 0. The van der Waals surface area contributed by atoms with Gasteiger partial charge in [0, 0.05) is 0 Å². The third kappa shape index (κ3) is 10.7. The normalized spacial score (nSPS) is 3.94. The van der Waals surface area contributed by atoms with Crippen molar-refractivity contribution in [3.05, 3.63) is 12.7 Å². The van der Waals surface area contributed by atoms with Gasteiger partial charge < -0.3 is 0 Å². The van der Waals surface area contributed by atoms with E-state index < -0.39 is 0 Å². The van der Waals surface area contributed by atoms with E-state index in [1.54, 1.807) is 0 Å². The lowest BCUT2D eigenvalue weighted by Crippen LogP contribution is -1.55. The van der Waals surface area contributed by atoms with E-state index >= 15 is 0 Å². The quantitative estimate of drug-likeness (QED) is 0.503. The van der Waals surface area contributed by atoms with Gasteiger partial charge in [0.15, 0.2) is 0 Å². The summed E-state index contributed by atoms with van der Waals surface area (Å²) in [5, 5.41) is 0. The van der Waals surface area contributed by atoms with Crippen LogP contribution in [0.5, 0.6) is 0 Å². The summed E-state index contributed by atoms with van der Waals surface area (Å²) in [7, 11) is 0. The van der Waals surface area contributed by atoms with Crippen molar-refractivity contribution < 1.29 is 0 Å². The van der Waals surface area contributed by atoms with Gasteiger partial charge in [-0.05, 0) is 77.1 Å². The maximum Gasteiger partial charge on any atom is -0.00000000000928 e. The molecule has 0 amide bonds. The lowest BCUT2D eigenvalue weighted by atomic mass is 10.5. The topological polar surface area (TPSA) is 0 Å². The molecular weight excluding hydrogens is 192 g/mol. The minimum absolute atomic E-state index is 1.45. The Balaban J connectivity index is 4.24. The van der Waals surface area contributed by atoms with Crippen LogP contribution in [0, 0.1) is 83.4 Å². The standard InChI is InChI=1S/C16H4/c1-3-5-7-9-11-13-15-16-14-12-10-8-6-4-2/h1,4H,2H2. The van der Waals surface area contributed by atoms with Gasteiger partial charge in [-0.15, -0.1) is 6.42 Å². The van der Waals surface area contributed by atoms with Crippen molar-refractivity contribution in [2.75, 3.05) is 0 Å². The molecule has 0 aliphatic rings. The molecule has 16 heavy (non-hydrogen) atoms. The second kappa shape index (κ2) is 11.7. The first-order chi connectivity index (χ1) is 7.91. The van der Waals surface area contributed by atoms with Gasteiger partial charge >= 0.3 is 0 Å². The van der Waals surface area contributed by atoms with Crippen LogP contribution in [0.15, 0.2) is 12.7 Å². The minimum atomic E-state index is 1.45. The molecule has 0 nitrogen and oxygen atoms in total. The molecule has 0 saturated carbocycles. The Morgan fingerprint density at radius 3 is 1.38 bits per heavy atom. The van der Waals surface area contributed by atoms with Crippen LogP contribution in [0.3, 0.4) is 0 Å². The summed E-state index contributed by atoms with van der Waals surface area (Å²) in [6, 6.07) is 0. The van der Waals surface area contributed by atoms with Gasteiger partial charge in [-0.3, -0.25) is 0 Å². The van der Waals surface area contributed by atoms with Gasteiger partial charge in [-0.25, -0.2) is 0 Å². The molecule has 0 bridgehead atoms. The Kier molecular flexibility index (Phi) is 9.23. The van der Waals surface area contributed by atoms with E-state index in [4.69, 9.17) is 6.42 Å². The molecular formula is C16H4. The third-order valence-corrected chi connectivity index (χ3v) is 0.871. The van der Waals surface area contributed by atoms with Crippen LogP contribution < -0.4 is 0 Å². The molecule has 0 N–H and O–H groups in total. The van der Waals surface area contributed by atoms with E-state index in [1.165, 1.54) is 6.08 Å². The highest BCUT2D eigenvalue weighted by molar-refractivity contribution is 5.45. The first-order valence-electron chi connectivity index (χ1n) is 3.99. The average Bonchev–Trinajstić information content (AvgIpc) is 2.31. The lowest BCUT2D eigenvalue weighted by Gasteiger charge is -1.56. The molecule has 0 aromatic heterocycles. The number of hydrogen-bond donors (Lipinski definition) is 0. The largest absolute Gasteiger partial charge is 0.106 e. The van der Waals surface area contributed by atoms with E-state index in [1.807, 2.05) is 0 Å². The molecule has 0 radical (unpaired) electrons. The first-order valence-corrected chi connectivity index (χ1v) is 3.99. The summed E-state index contributed by atoms with van der Waals surface area (Å²) in [5.74, 6) is 31.8. The first kappa shape index (κ1) is 12.7. The zero-order valence-electron chi connectivity index (χ0n) is 8.36. The van der Waals surface area contributed by atoms with Crippen LogP contribution in [-0.2, 0) is 0 Å². The predicted octanol–water partition coefficient (Wildman–Crippen LogP) is 0.826. The van der Waals surface area contributed by atoms with Crippen LogP contribution in [0.1, 0.15) is 0 Å². The van der Waals surface area contributed by atoms with E-state index in [9.17, 15) is 0 Å². The monoisotopic (exact) mass is 196 g/mol. The van der Waals surface area contributed by atoms with Crippen LogP contribution in [-0.4, -0.2) is 0 Å². The van der Waals surface area contributed by atoms with Crippen molar-refractivity contribution >= 4 is 0 Å². The van der Waals surface area contributed by atoms with Gasteiger partial charge in [0.25, 0.3) is 0 Å². The molecule has 0 rings (SSSR count).